The molecule has 1 saturated heterocycles. The van der Waals surface area contributed by atoms with Gasteiger partial charge in [-0.05, 0) is 24.3 Å². The van der Waals surface area contributed by atoms with Crippen molar-refractivity contribution in [1.29, 1.82) is 0 Å². The molecule has 4 nitrogen and oxygen atoms in total. The Morgan fingerprint density at radius 3 is 2.38 bits per heavy atom. The number of halogens is 1. The van der Waals surface area contributed by atoms with E-state index in [1.54, 1.807) is 24.3 Å². The predicted octanol–water partition coefficient (Wildman–Crippen LogP) is 3.00. The maximum Gasteiger partial charge on any atom is 0.136 e. The number of Topliss-reactive ketones (excluding diaryl/α,β-unsaturated/α-hetero) is 1. The second-order valence-electron chi connectivity index (χ2n) is 3.66. The number of carbonyl (C=O) groups is 1. The fourth-order valence-electron chi connectivity index (χ4n) is 1.46. The molecule has 1 fully saturated rings. The lowest BCUT2D eigenvalue weighted by atomic mass is 10.1. The molecule has 1 aliphatic heterocycles. The van der Waals surface area contributed by atoms with Gasteiger partial charge in [-0.15, -0.1) is 5.11 Å². The van der Waals surface area contributed by atoms with Crippen LogP contribution in [0.25, 0.3) is 0 Å². The first-order valence-electron chi connectivity index (χ1n) is 5.18. The minimum Gasteiger partial charge on any atom is -0.300 e. The molecule has 0 aliphatic carbocycles. The van der Waals surface area contributed by atoms with Gasteiger partial charge in [-0.3, -0.25) is 9.80 Å². The van der Waals surface area contributed by atoms with Crippen LogP contribution in [0, 0.1) is 0 Å². The van der Waals surface area contributed by atoms with Crippen LogP contribution in [-0.2, 0) is 4.79 Å². The molecule has 0 radical (unpaired) electrons. The summed E-state index contributed by atoms with van der Waals surface area (Å²) in [7, 11) is 0. The van der Waals surface area contributed by atoms with E-state index in [1.165, 1.54) is 0 Å². The van der Waals surface area contributed by atoms with Crippen molar-refractivity contribution >= 4 is 23.1 Å². The van der Waals surface area contributed by atoms with Crippen molar-refractivity contribution < 1.29 is 4.79 Å². The van der Waals surface area contributed by atoms with Crippen LogP contribution in [0.4, 0.5) is 5.69 Å². The Balaban J connectivity index is 1.93. The molecule has 1 aliphatic rings. The van der Waals surface area contributed by atoms with Crippen LogP contribution in [0.15, 0.2) is 34.6 Å². The molecule has 0 saturated carbocycles. The fraction of sp³-hybridized carbons (Fsp3) is 0.364. The van der Waals surface area contributed by atoms with Crippen LogP contribution in [0.3, 0.4) is 0 Å². The first-order valence-corrected chi connectivity index (χ1v) is 5.56. The van der Waals surface area contributed by atoms with Crippen molar-refractivity contribution in [3.05, 3.63) is 29.3 Å². The fourth-order valence-corrected chi connectivity index (χ4v) is 1.58. The Labute approximate surface area is 98.9 Å². The predicted molar refractivity (Wildman–Crippen MR) is 61.8 cm³/mol. The van der Waals surface area contributed by atoms with E-state index >= 15 is 0 Å². The van der Waals surface area contributed by atoms with Crippen LogP contribution in [0.1, 0.15) is 12.8 Å². The smallest absolute Gasteiger partial charge is 0.136 e. The van der Waals surface area contributed by atoms with Gasteiger partial charge in [-0.25, -0.2) is 0 Å². The molecule has 1 aromatic rings. The van der Waals surface area contributed by atoms with Crippen LogP contribution >= 0.6 is 11.6 Å². The maximum atomic E-state index is 11.0. The Kier molecular flexibility index (Phi) is 3.51. The van der Waals surface area contributed by atoms with Crippen LogP contribution in [-0.4, -0.2) is 23.9 Å². The molecule has 0 aromatic heterocycles. The van der Waals surface area contributed by atoms with E-state index in [4.69, 9.17) is 11.6 Å². The standard InChI is InChI=1S/C11H12ClN3O/c12-9-1-3-10(4-2-9)13-14-15-7-5-11(16)6-8-15/h1-4H,5-8H2. The van der Waals surface area contributed by atoms with Gasteiger partial charge in [0.2, 0.25) is 0 Å². The van der Waals surface area contributed by atoms with Crippen molar-refractivity contribution in [1.82, 2.24) is 5.01 Å². The molecule has 0 atom stereocenters. The highest BCUT2D eigenvalue weighted by atomic mass is 35.5. The Hall–Kier alpha value is -1.42. The zero-order valence-electron chi connectivity index (χ0n) is 8.77. The van der Waals surface area contributed by atoms with E-state index in [9.17, 15) is 4.79 Å². The van der Waals surface area contributed by atoms with E-state index in [0.29, 0.717) is 36.7 Å². The summed E-state index contributed by atoms with van der Waals surface area (Å²) < 4.78 is 0. The van der Waals surface area contributed by atoms with Gasteiger partial charge in [0.05, 0.1) is 5.69 Å². The number of hydrogen-bond donors (Lipinski definition) is 0. The molecule has 0 bridgehead atoms. The molecule has 1 aromatic carbocycles. The van der Waals surface area contributed by atoms with Crippen molar-refractivity contribution in [2.75, 3.05) is 13.1 Å². The van der Waals surface area contributed by atoms with Gasteiger partial charge in [0.25, 0.3) is 0 Å². The topological polar surface area (TPSA) is 45.0 Å². The van der Waals surface area contributed by atoms with Crippen LogP contribution in [0.5, 0.6) is 0 Å². The zero-order valence-corrected chi connectivity index (χ0v) is 9.52. The highest BCUT2D eigenvalue weighted by molar-refractivity contribution is 6.30. The average molecular weight is 238 g/mol. The summed E-state index contributed by atoms with van der Waals surface area (Å²) in [6, 6.07) is 7.16. The highest BCUT2D eigenvalue weighted by Crippen LogP contribution is 2.17. The molecule has 0 spiro atoms. The zero-order chi connectivity index (χ0) is 11.4. The van der Waals surface area contributed by atoms with Gasteiger partial charge in [0.1, 0.15) is 5.78 Å². The van der Waals surface area contributed by atoms with Crippen molar-refractivity contribution in [2.45, 2.75) is 12.8 Å². The van der Waals surface area contributed by atoms with E-state index in [0.717, 1.165) is 5.69 Å². The monoisotopic (exact) mass is 237 g/mol. The summed E-state index contributed by atoms with van der Waals surface area (Å²) in [5.41, 5.74) is 0.765. The van der Waals surface area contributed by atoms with Crippen molar-refractivity contribution in [3.63, 3.8) is 0 Å². The molecule has 1 heterocycles. The first kappa shape index (κ1) is 11.1. The van der Waals surface area contributed by atoms with Gasteiger partial charge in [-0.2, -0.15) is 0 Å². The van der Waals surface area contributed by atoms with Gasteiger partial charge < -0.3 is 0 Å². The average Bonchev–Trinajstić information content (AvgIpc) is 2.30. The molecule has 16 heavy (non-hydrogen) atoms. The van der Waals surface area contributed by atoms with Crippen molar-refractivity contribution in [3.8, 4) is 0 Å². The number of nitrogens with zero attached hydrogens (tertiary/aromatic N) is 3. The lowest BCUT2D eigenvalue weighted by Gasteiger charge is -2.20. The molecule has 0 unspecified atom stereocenters. The highest BCUT2D eigenvalue weighted by Gasteiger charge is 2.14. The molecule has 5 heteroatoms. The number of rotatable bonds is 2. The van der Waals surface area contributed by atoms with Gasteiger partial charge in [-0.1, -0.05) is 16.8 Å². The molecule has 0 amide bonds. The minimum absolute atomic E-state index is 0.304. The number of benzene rings is 1. The number of piperidine rings is 1. The second-order valence-corrected chi connectivity index (χ2v) is 4.09. The normalized spacial score (nSPS) is 17.1. The Morgan fingerprint density at radius 1 is 1.12 bits per heavy atom. The summed E-state index contributed by atoms with van der Waals surface area (Å²) >= 11 is 5.76. The molecule has 0 N–H and O–H groups in total. The molecule has 84 valence electrons. The van der Waals surface area contributed by atoms with E-state index in [1.807, 2.05) is 5.01 Å². The van der Waals surface area contributed by atoms with Gasteiger partial charge in [0.15, 0.2) is 0 Å². The van der Waals surface area contributed by atoms with Crippen LogP contribution in [0.2, 0.25) is 5.02 Å². The quantitative estimate of drug-likeness (QED) is 0.743. The third-order valence-electron chi connectivity index (χ3n) is 2.41. The molecular weight excluding hydrogens is 226 g/mol. The van der Waals surface area contributed by atoms with Gasteiger partial charge >= 0.3 is 0 Å². The molecular formula is C11H12ClN3O. The summed E-state index contributed by atoms with van der Waals surface area (Å²) in [6.45, 7) is 1.33. The van der Waals surface area contributed by atoms with Crippen molar-refractivity contribution in [2.24, 2.45) is 10.3 Å². The van der Waals surface area contributed by atoms with E-state index in [-0.39, 0.29) is 0 Å². The summed E-state index contributed by atoms with van der Waals surface area (Å²) in [4.78, 5) is 11.0. The number of ketones is 1. The maximum absolute atomic E-state index is 11.0. The summed E-state index contributed by atoms with van der Waals surface area (Å²) in [5.74, 6) is 0.304. The van der Waals surface area contributed by atoms with E-state index < -0.39 is 0 Å². The Morgan fingerprint density at radius 2 is 1.75 bits per heavy atom. The summed E-state index contributed by atoms with van der Waals surface area (Å²) in [5, 5.41) is 10.7. The number of carbonyl (C=O) groups excluding carboxylic acids is 1. The molecule has 2 rings (SSSR count). The lowest BCUT2D eigenvalue weighted by molar-refractivity contribution is -0.121. The third kappa shape index (κ3) is 3.03. The summed E-state index contributed by atoms with van der Waals surface area (Å²) in [6.07, 6.45) is 1.14. The van der Waals surface area contributed by atoms with Crippen LogP contribution < -0.4 is 0 Å². The number of hydrogen-bond acceptors (Lipinski definition) is 3. The third-order valence-corrected chi connectivity index (χ3v) is 2.66. The van der Waals surface area contributed by atoms with E-state index in [2.05, 4.69) is 10.3 Å². The Bertz CT molecular complexity index is 392. The lowest BCUT2D eigenvalue weighted by Crippen LogP contribution is -2.29. The minimum atomic E-state index is 0.304. The largest absolute Gasteiger partial charge is 0.300 e. The SMILES string of the molecule is O=C1CCN(N=Nc2ccc(Cl)cc2)CC1. The second kappa shape index (κ2) is 5.07. The first-order chi connectivity index (χ1) is 7.74. The van der Waals surface area contributed by atoms with Gasteiger partial charge in [0, 0.05) is 31.0 Å².